The highest BCUT2D eigenvalue weighted by Crippen LogP contribution is 2.36. The third-order valence-corrected chi connectivity index (χ3v) is 4.16. The molecule has 0 bridgehead atoms. The summed E-state index contributed by atoms with van der Waals surface area (Å²) in [7, 11) is 0. The Morgan fingerprint density at radius 2 is 1.64 bits per heavy atom. The molecule has 0 aliphatic carbocycles. The highest BCUT2D eigenvalue weighted by Gasteiger charge is 2.36. The summed E-state index contributed by atoms with van der Waals surface area (Å²) in [6.07, 6.45) is 4.40. The third-order valence-electron chi connectivity index (χ3n) is 4.16. The number of halogens is 2. The predicted octanol–water partition coefficient (Wildman–Crippen LogP) is 3.68. The predicted molar refractivity (Wildman–Crippen MR) is 95.9 cm³/mol. The van der Waals surface area contributed by atoms with Crippen molar-refractivity contribution in [1.29, 1.82) is 0 Å². The van der Waals surface area contributed by atoms with E-state index in [0.717, 1.165) is 6.20 Å². The Bertz CT molecular complexity index is 1110. The first-order valence-corrected chi connectivity index (χ1v) is 8.38. The fraction of sp³-hybridized carbons (Fsp3) is 0.0952. The highest BCUT2D eigenvalue weighted by atomic mass is 19.1. The van der Waals surface area contributed by atoms with Crippen LogP contribution in [0.3, 0.4) is 0 Å². The minimum atomic E-state index is -0.694. The average Bonchev–Trinajstić information content (AvgIpc) is 3.09. The number of nitrogens with zero attached hydrogens (tertiary/aromatic N) is 2. The van der Waals surface area contributed by atoms with Crippen LogP contribution < -0.4 is 5.32 Å². The minimum Gasteiger partial charge on any atom is -0.439 e. The van der Waals surface area contributed by atoms with Crippen LogP contribution in [0.4, 0.5) is 13.6 Å². The maximum absolute atomic E-state index is 13.6. The molecule has 2 atom stereocenters. The number of benzene rings is 1. The number of amides is 1. The molecule has 1 N–H and O–H groups in total. The normalized spacial score (nSPS) is 18.0. The number of carbonyl (C=O) groups excluding carboxylic acids is 1. The van der Waals surface area contributed by atoms with Crippen LogP contribution in [0.1, 0.15) is 34.4 Å². The highest BCUT2D eigenvalue weighted by molar-refractivity contribution is 5.71. The van der Waals surface area contributed by atoms with E-state index in [9.17, 15) is 13.6 Å². The summed E-state index contributed by atoms with van der Waals surface area (Å²) in [5, 5.41) is 2.72. The van der Waals surface area contributed by atoms with Crippen molar-refractivity contribution < 1.29 is 18.3 Å². The molecule has 0 spiro atoms. The first-order chi connectivity index (χ1) is 13.6. The van der Waals surface area contributed by atoms with Crippen molar-refractivity contribution >= 4 is 6.09 Å². The monoisotopic (exact) mass is 377 g/mol. The lowest BCUT2D eigenvalue weighted by molar-refractivity contribution is 0.132. The van der Waals surface area contributed by atoms with Gasteiger partial charge in [0.05, 0.1) is 6.20 Å². The van der Waals surface area contributed by atoms with Crippen molar-refractivity contribution in [2.45, 2.75) is 12.1 Å². The number of pyridine rings is 2. The van der Waals surface area contributed by atoms with Crippen LogP contribution in [0.5, 0.6) is 0 Å². The molecule has 1 fully saturated rings. The summed E-state index contributed by atoms with van der Waals surface area (Å²) < 4.78 is 32.1. The van der Waals surface area contributed by atoms with Gasteiger partial charge in [0.25, 0.3) is 0 Å². The minimum absolute atomic E-state index is 0.416. The smallest absolute Gasteiger partial charge is 0.408 e. The SMILES string of the molecule is O=C1N[C@H](c2cncc(C#Cc3cncc(F)c3)c2)[C@@H](c2cccc(F)c2)O1. The number of nitrogens with one attached hydrogen (secondary N) is 1. The van der Waals surface area contributed by atoms with E-state index in [2.05, 4.69) is 27.1 Å². The Labute approximate surface area is 159 Å². The van der Waals surface area contributed by atoms with Gasteiger partial charge in [-0.2, -0.15) is 0 Å². The average molecular weight is 377 g/mol. The van der Waals surface area contributed by atoms with Crippen molar-refractivity contribution in [1.82, 2.24) is 15.3 Å². The van der Waals surface area contributed by atoms with Gasteiger partial charge in [0.15, 0.2) is 6.10 Å². The molecule has 0 saturated carbocycles. The first kappa shape index (κ1) is 17.6. The fourth-order valence-corrected chi connectivity index (χ4v) is 2.94. The summed E-state index contributed by atoms with van der Waals surface area (Å²) in [6, 6.07) is 8.38. The summed E-state index contributed by atoms with van der Waals surface area (Å²) in [5.41, 5.74) is 2.19. The molecule has 3 aromatic rings. The van der Waals surface area contributed by atoms with Gasteiger partial charge < -0.3 is 10.1 Å². The van der Waals surface area contributed by atoms with Gasteiger partial charge >= 0.3 is 6.09 Å². The molecular formula is C21H13F2N3O2. The van der Waals surface area contributed by atoms with Crippen LogP contribution in [-0.2, 0) is 4.74 Å². The van der Waals surface area contributed by atoms with E-state index in [1.54, 1.807) is 30.6 Å². The molecule has 1 saturated heterocycles. The van der Waals surface area contributed by atoms with Crippen molar-refractivity contribution in [3.05, 3.63) is 95.1 Å². The van der Waals surface area contributed by atoms with Crippen LogP contribution in [0, 0.1) is 23.5 Å². The molecule has 1 amide bonds. The number of alkyl carbamates (subject to hydrolysis) is 1. The summed E-state index contributed by atoms with van der Waals surface area (Å²) >= 11 is 0. The van der Waals surface area contributed by atoms with Crippen molar-refractivity contribution in [2.75, 3.05) is 0 Å². The van der Waals surface area contributed by atoms with Gasteiger partial charge in [0.1, 0.15) is 17.7 Å². The molecule has 1 aliphatic heterocycles. The van der Waals surface area contributed by atoms with E-state index in [1.807, 2.05) is 0 Å². The molecule has 0 unspecified atom stereocenters. The molecular weight excluding hydrogens is 364 g/mol. The number of hydrogen-bond donors (Lipinski definition) is 1. The first-order valence-electron chi connectivity index (χ1n) is 8.38. The number of aromatic nitrogens is 2. The Hall–Kier alpha value is -3.79. The molecule has 28 heavy (non-hydrogen) atoms. The Balaban J connectivity index is 1.64. The maximum atomic E-state index is 13.6. The topological polar surface area (TPSA) is 64.1 Å². The third kappa shape index (κ3) is 3.81. The van der Waals surface area contributed by atoms with Gasteiger partial charge in [-0.25, -0.2) is 13.6 Å². The zero-order valence-electron chi connectivity index (χ0n) is 14.4. The largest absolute Gasteiger partial charge is 0.439 e. The Morgan fingerprint density at radius 3 is 2.39 bits per heavy atom. The molecule has 3 heterocycles. The molecule has 1 aliphatic rings. The van der Waals surface area contributed by atoms with Crippen LogP contribution in [0.25, 0.3) is 0 Å². The number of rotatable bonds is 2. The molecule has 0 radical (unpaired) electrons. The van der Waals surface area contributed by atoms with Crippen molar-refractivity contribution in [3.8, 4) is 11.8 Å². The summed E-state index contributed by atoms with van der Waals surface area (Å²) in [5.74, 6) is 4.83. The van der Waals surface area contributed by atoms with Gasteiger partial charge in [-0.05, 0) is 35.4 Å². The van der Waals surface area contributed by atoms with Gasteiger partial charge in [-0.15, -0.1) is 0 Å². The fourth-order valence-electron chi connectivity index (χ4n) is 2.94. The molecule has 2 aromatic heterocycles. The summed E-state index contributed by atoms with van der Waals surface area (Å²) in [4.78, 5) is 19.7. The van der Waals surface area contributed by atoms with Gasteiger partial charge in [-0.3, -0.25) is 9.97 Å². The standard InChI is InChI=1S/C21H13F2N3O2/c22-17-3-1-2-15(8-17)20-19(26-21(27)28-20)16-6-13(9-24-11-16)4-5-14-7-18(23)12-25-10-14/h1-3,6-12,19-20H,(H,26,27)/t19-,20-/m1/s1. The van der Waals surface area contributed by atoms with Gasteiger partial charge in [0.2, 0.25) is 0 Å². The van der Waals surface area contributed by atoms with Crippen molar-refractivity contribution in [2.24, 2.45) is 0 Å². The van der Waals surface area contributed by atoms with E-state index in [0.29, 0.717) is 22.3 Å². The Morgan fingerprint density at radius 1 is 0.893 bits per heavy atom. The number of ether oxygens (including phenoxy) is 1. The second kappa shape index (κ2) is 7.45. The van der Waals surface area contributed by atoms with Gasteiger partial charge in [-0.1, -0.05) is 24.0 Å². The quantitative estimate of drug-likeness (QED) is 0.692. The zero-order chi connectivity index (χ0) is 19.5. The van der Waals surface area contributed by atoms with Crippen molar-refractivity contribution in [3.63, 3.8) is 0 Å². The molecule has 138 valence electrons. The van der Waals surface area contributed by atoms with Crippen LogP contribution >= 0.6 is 0 Å². The van der Waals surface area contributed by atoms with Gasteiger partial charge in [0, 0.05) is 29.7 Å². The lowest BCUT2D eigenvalue weighted by Crippen LogP contribution is -2.19. The van der Waals surface area contributed by atoms with E-state index in [1.165, 1.54) is 24.4 Å². The van der Waals surface area contributed by atoms with E-state index in [-0.39, 0.29) is 0 Å². The number of cyclic esters (lactones) is 1. The lowest BCUT2D eigenvalue weighted by Gasteiger charge is -2.17. The Kier molecular flexibility index (Phi) is 4.68. The molecule has 4 rings (SSSR count). The second-order valence-corrected chi connectivity index (χ2v) is 6.15. The number of carbonyl (C=O) groups is 1. The van der Waals surface area contributed by atoms with E-state index >= 15 is 0 Å². The molecule has 1 aromatic carbocycles. The maximum Gasteiger partial charge on any atom is 0.408 e. The van der Waals surface area contributed by atoms with E-state index in [4.69, 9.17) is 4.74 Å². The number of hydrogen-bond acceptors (Lipinski definition) is 4. The second-order valence-electron chi connectivity index (χ2n) is 6.15. The zero-order valence-corrected chi connectivity index (χ0v) is 14.4. The summed E-state index contributed by atoms with van der Waals surface area (Å²) in [6.45, 7) is 0. The molecule has 7 heteroatoms. The van der Waals surface area contributed by atoms with Crippen LogP contribution in [-0.4, -0.2) is 16.1 Å². The molecule has 5 nitrogen and oxygen atoms in total. The van der Waals surface area contributed by atoms with Crippen LogP contribution in [0.2, 0.25) is 0 Å². The van der Waals surface area contributed by atoms with Crippen LogP contribution in [0.15, 0.2) is 61.2 Å². The van der Waals surface area contributed by atoms with E-state index < -0.39 is 29.9 Å². The lowest BCUT2D eigenvalue weighted by atomic mass is 9.97.